The second-order valence-electron chi connectivity index (χ2n) is 7.69. The van der Waals surface area contributed by atoms with Crippen LogP contribution in [0.25, 0.3) is 0 Å². The van der Waals surface area contributed by atoms with Gasteiger partial charge in [-0.2, -0.15) is 0 Å². The van der Waals surface area contributed by atoms with Crippen molar-refractivity contribution in [3.8, 4) is 0 Å². The number of hydrogen-bond donors (Lipinski definition) is 1. The Labute approximate surface area is 157 Å². The van der Waals surface area contributed by atoms with Crippen LogP contribution in [0, 0.1) is 5.92 Å². The highest BCUT2D eigenvalue weighted by Crippen LogP contribution is 2.50. The fourth-order valence-electron chi connectivity index (χ4n) is 4.30. The van der Waals surface area contributed by atoms with Crippen LogP contribution in [0.5, 0.6) is 0 Å². The highest BCUT2D eigenvalue weighted by molar-refractivity contribution is 6.30. The van der Waals surface area contributed by atoms with Gasteiger partial charge in [-0.3, -0.25) is 14.5 Å². The van der Waals surface area contributed by atoms with E-state index in [1.54, 1.807) is 0 Å². The number of carboxylic acid groups (broad SMARTS) is 1. The van der Waals surface area contributed by atoms with Gasteiger partial charge < -0.3 is 14.7 Å². The standard InChI is InChI=1S/C19H23ClN2O4/c20-15-3-1-14(2-4-15)19(5-6-19)18(25)22-8-13-7-21(10-17(23)24)9-16(22)12-26-11-13/h1-4,13,16H,5-12H2,(H,23,24)/t13-,16-/m0/s1. The molecule has 2 bridgehead atoms. The zero-order valence-corrected chi connectivity index (χ0v) is 15.3. The number of carboxylic acids is 1. The van der Waals surface area contributed by atoms with Crippen LogP contribution in [-0.2, 0) is 19.7 Å². The summed E-state index contributed by atoms with van der Waals surface area (Å²) in [5.74, 6) is -0.534. The fraction of sp³-hybridized carbons (Fsp3) is 0.579. The van der Waals surface area contributed by atoms with Crippen molar-refractivity contribution < 1.29 is 19.4 Å². The molecule has 1 aliphatic carbocycles. The molecule has 3 fully saturated rings. The molecule has 1 saturated carbocycles. The summed E-state index contributed by atoms with van der Waals surface area (Å²) in [4.78, 5) is 28.5. The predicted octanol–water partition coefficient (Wildman–Crippen LogP) is 1.62. The lowest BCUT2D eigenvalue weighted by atomic mass is 9.93. The molecule has 0 radical (unpaired) electrons. The van der Waals surface area contributed by atoms with Crippen molar-refractivity contribution >= 4 is 23.5 Å². The third-order valence-corrected chi connectivity index (χ3v) is 5.97. The molecule has 0 unspecified atom stereocenters. The lowest BCUT2D eigenvalue weighted by Gasteiger charge is -2.33. The third-order valence-electron chi connectivity index (χ3n) is 5.72. The maximum absolute atomic E-state index is 13.5. The van der Waals surface area contributed by atoms with Crippen LogP contribution in [0.3, 0.4) is 0 Å². The fourth-order valence-corrected chi connectivity index (χ4v) is 4.43. The van der Waals surface area contributed by atoms with E-state index in [9.17, 15) is 9.59 Å². The summed E-state index contributed by atoms with van der Waals surface area (Å²) in [6, 6.07) is 7.47. The first-order valence-electron chi connectivity index (χ1n) is 9.07. The van der Waals surface area contributed by atoms with Crippen molar-refractivity contribution in [2.75, 3.05) is 39.4 Å². The summed E-state index contributed by atoms with van der Waals surface area (Å²) in [5.41, 5.74) is 0.577. The van der Waals surface area contributed by atoms with Gasteiger partial charge in [0, 0.05) is 30.6 Å². The highest BCUT2D eigenvalue weighted by Gasteiger charge is 2.54. The van der Waals surface area contributed by atoms with E-state index in [-0.39, 0.29) is 24.4 Å². The monoisotopic (exact) mass is 378 g/mol. The first-order chi connectivity index (χ1) is 12.5. The Morgan fingerprint density at radius 1 is 1.15 bits per heavy atom. The molecule has 0 spiro atoms. The normalized spacial score (nSPS) is 27.7. The van der Waals surface area contributed by atoms with Crippen molar-refractivity contribution in [3.05, 3.63) is 34.9 Å². The van der Waals surface area contributed by atoms with Gasteiger partial charge in [-0.05, 0) is 30.5 Å². The Morgan fingerprint density at radius 3 is 2.54 bits per heavy atom. The molecular weight excluding hydrogens is 356 g/mol. The van der Waals surface area contributed by atoms with Gasteiger partial charge in [-0.25, -0.2) is 0 Å². The topological polar surface area (TPSA) is 70.1 Å². The Hall–Kier alpha value is -1.63. The van der Waals surface area contributed by atoms with E-state index in [1.807, 2.05) is 34.1 Å². The largest absolute Gasteiger partial charge is 0.480 e. The van der Waals surface area contributed by atoms with Crippen LogP contribution < -0.4 is 0 Å². The summed E-state index contributed by atoms with van der Waals surface area (Å²) in [7, 11) is 0. The summed E-state index contributed by atoms with van der Waals surface area (Å²) >= 11 is 6.00. The number of rotatable bonds is 4. The Kier molecular flexibility index (Phi) is 4.67. The predicted molar refractivity (Wildman–Crippen MR) is 96.2 cm³/mol. The molecule has 6 nitrogen and oxygen atoms in total. The average Bonchev–Trinajstić information content (AvgIpc) is 3.39. The van der Waals surface area contributed by atoms with Gasteiger partial charge in [0.2, 0.25) is 5.91 Å². The van der Waals surface area contributed by atoms with Crippen molar-refractivity contribution in [2.24, 2.45) is 5.92 Å². The molecule has 26 heavy (non-hydrogen) atoms. The van der Waals surface area contributed by atoms with Crippen LogP contribution in [0.4, 0.5) is 0 Å². The number of fused-ring (bicyclic) bond motifs is 3. The van der Waals surface area contributed by atoms with Crippen LogP contribution in [0.15, 0.2) is 24.3 Å². The van der Waals surface area contributed by atoms with Gasteiger partial charge in [0.25, 0.3) is 0 Å². The minimum Gasteiger partial charge on any atom is -0.480 e. The van der Waals surface area contributed by atoms with E-state index in [2.05, 4.69) is 0 Å². The summed E-state index contributed by atoms with van der Waals surface area (Å²) in [5, 5.41) is 9.81. The molecule has 3 aliphatic rings. The average molecular weight is 379 g/mol. The molecule has 140 valence electrons. The molecule has 2 atom stereocenters. The first kappa shape index (κ1) is 17.8. The van der Waals surface area contributed by atoms with Gasteiger partial charge in [-0.15, -0.1) is 0 Å². The van der Waals surface area contributed by atoms with Crippen LogP contribution in [-0.4, -0.2) is 72.2 Å². The van der Waals surface area contributed by atoms with E-state index < -0.39 is 11.4 Å². The molecular formula is C19H23ClN2O4. The molecule has 1 aromatic carbocycles. The zero-order chi connectivity index (χ0) is 18.3. The molecule has 0 aromatic heterocycles. The van der Waals surface area contributed by atoms with Gasteiger partial charge in [0.1, 0.15) is 0 Å². The molecule has 2 heterocycles. The third kappa shape index (κ3) is 3.33. The molecule has 4 rings (SSSR count). The zero-order valence-electron chi connectivity index (χ0n) is 14.6. The Morgan fingerprint density at radius 2 is 1.88 bits per heavy atom. The Balaban J connectivity index is 1.57. The van der Waals surface area contributed by atoms with Crippen LogP contribution in [0.2, 0.25) is 5.02 Å². The summed E-state index contributed by atoms with van der Waals surface area (Å²) in [6.45, 7) is 2.89. The molecule has 2 saturated heterocycles. The lowest BCUT2D eigenvalue weighted by molar-refractivity contribution is -0.139. The minimum atomic E-state index is -0.830. The van der Waals surface area contributed by atoms with Crippen molar-refractivity contribution in [2.45, 2.75) is 24.3 Å². The number of ether oxygens (including phenoxy) is 1. The lowest BCUT2D eigenvalue weighted by Crippen LogP contribution is -2.50. The number of amides is 1. The van der Waals surface area contributed by atoms with E-state index in [0.29, 0.717) is 37.9 Å². The number of benzene rings is 1. The number of carbonyl (C=O) groups is 2. The Bertz CT molecular complexity index is 704. The van der Waals surface area contributed by atoms with Gasteiger partial charge in [-0.1, -0.05) is 23.7 Å². The van der Waals surface area contributed by atoms with E-state index in [4.69, 9.17) is 21.4 Å². The smallest absolute Gasteiger partial charge is 0.317 e. The van der Waals surface area contributed by atoms with Gasteiger partial charge in [0.05, 0.1) is 31.2 Å². The van der Waals surface area contributed by atoms with E-state index in [1.165, 1.54) is 0 Å². The van der Waals surface area contributed by atoms with E-state index in [0.717, 1.165) is 18.4 Å². The van der Waals surface area contributed by atoms with Crippen molar-refractivity contribution in [1.82, 2.24) is 9.80 Å². The van der Waals surface area contributed by atoms with E-state index >= 15 is 0 Å². The minimum absolute atomic E-state index is 0.0113. The quantitative estimate of drug-likeness (QED) is 0.862. The maximum atomic E-state index is 13.5. The molecule has 1 amide bonds. The molecule has 2 aliphatic heterocycles. The second-order valence-corrected chi connectivity index (χ2v) is 8.13. The van der Waals surface area contributed by atoms with Gasteiger partial charge in [0.15, 0.2) is 0 Å². The molecule has 1 aromatic rings. The number of aliphatic carboxylic acids is 1. The second kappa shape index (κ2) is 6.83. The number of carbonyl (C=O) groups excluding carboxylic acids is 1. The summed E-state index contributed by atoms with van der Waals surface area (Å²) < 4.78 is 5.76. The van der Waals surface area contributed by atoms with Crippen molar-refractivity contribution in [1.29, 1.82) is 0 Å². The van der Waals surface area contributed by atoms with Crippen LogP contribution >= 0.6 is 11.6 Å². The number of hydrogen-bond acceptors (Lipinski definition) is 4. The van der Waals surface area contributed by atoms with Gasteiger partial charge >= 0.3 is 5.97 Å². The number of nitrogens with zero attached hydrogens (tertiary/aromatic N) is 2. The first-order valence-corrected chi connectivity index (χ1v) is 9.45. The highest BCUT2D eigenvalue weighted by atomic mass is 35.5. The summed E-state index contributed by atoms with van der Waals surface area (Å²) in [6.07, 6.45) is 1.70. The maximum Gasteiger partial charge on any atom is 0.317 e. The van der Waals surface area contributed by atoms with Crippen molar-refractivity contribution in [3.63, 3.8) is 0 Å². The number of halogens is 1. The SMILES string of the molecule is O=C(O)CN1C[C@@H]2COC[C@H](C1)N(C(=O)C1(c3ccc(Cl)cc3)CC1)C2. The molecule has 1 N–H and O–H groups in total. The van der Waals surface area contributed by atoms with Crippen LogP contribution in [0.1, 0.15) is 18.4 Å². The molecule has 7 heteroatoms.